The molecule has 0 unspecified atom stereocenters. The van der Waals surface area contributed by atoms with Crippen LogP contribution in [-0.4, -0.2) is 11.5 Å². The zero-order chi connectivity index (χ0) is 10.5. The van der Waals surface area contributed by atoms with Gasteiger partial charge in [0.05, 0.1) is 0 Å². The molecule has 1 aromatic rings. The van der Waals surface area contributed by atoms with Crippen LogP contribution in [0, 0.1) is 0 Å². The van der Waals surface area contributed by atoms with Crippen LogP contribution < -0.4 is 0 Å². The van der Waals surface area contributed by atoms with Crippen molar-refractivity contribution in [2.75, 3.05) is 0 Å². The van der Waals surface area contributed by atoms with Gasteiger partial charge in [-0.05, 0) is 25.0 Å². The molecule has 0 saturated heterocycles. The van der Waals surface area contributed by atoms with Gasteiger partial charge in [-0.2, -0.15) is 0 Å². The average Bonchev–Trinajstić information content (AvgIpc) is 2.31. The topological polar surface area (TPSA) is 17.1 Å². The van der Waals surface area contributed by atoms with Gasteiger partial charge in [0.25, 0.3) is 0 Å². The Labute approximate surface area is 95.3 Å². The Morgan fingerprint density at radius 2 is 1.73 bits per heavy atom. The molecular weight excluding hydrogens is 204 g/mol. The van der Waals surface area contributed by atoms with E-state index in [0.29, 0.717) is 0 Å². The van der Waals surface area contributed by atoms with E-state index in [1.54, 1.807) is 0 Å². The number of carbonyl (C=O) groups excluding carboxylic acids is 1. The summed E-state index contributed by atoms with van der Waals surface area (Å²) in [6.45, 7) is 0. The molecule has 0 atom stereocenters. The van der Waals surface area contributed by atoms with Gasteiger partial charge >= 0.3 is 0 Å². The fourth-order valence-electron chi connectivity index (χ4n) is 2.00. The number of hydrogen-bond acceptors (Lipinski definition) is 2. The third-order valence-electron chi connectivity index (χ3n) is 2.87. The summed E-state index contributed by atoms with van der Waals surface area (Å²) in [5.41, 5.74) is 0.767. The van der Waals surface area contributed by atoms with Gasteiger partial charge in [-0.1, -0.05) is 31.4 Å². The van der Waals surface area contributed by atoms with Crippen molar-refractivity contribution in [3.8, 4) is 0 Å². The van der Waals surface area contributed by atoms with Gasteiger partial charge in [-0.15, -0.1) is 11.8 Å². The highest BCUT2D eigenvalue weighted by Crippen LogP contribution is 2.33. The molecule has 0 bridgehead atoms. The second-order valence-electron chi connectivity index (χ2n) is 4.06. The summed E-state index contributed by atoms with van der Waals surface area (Å²) in [6, 6.07) is 7.92. The maximum absolute atomic E-state index is 10.5. The molecule has 1 aromatic carbocycles. The number of carbonyl (C=O) groups is 1. The van der Waals surface area contributed by atoms with Crippen molar-refractivity contribution < 1.29 is 4.79 Å². The molecule has 1 aliphatic rings. The highest BCUT2D eigenvalue weighted by molar-refractivity contribution is 8.00. The van der Waals surface area contributed by atoms with Crippen LogP contribution in [-0.2, 0) is 0 Å². The van der Waals surface area contributed by atoms with E-state index >= 15 is 0 Å². The fourth-order valence-corrected chi connectivity index (χ4v) is 3.25. The summed E-state index contributed by atoms with van der Waals surface area (Å²) >= 11 is 1.97. The first-order chi connectivity index (χ1) is 7.38. The first-order valence-corrected chi connectivity index (χ1v) is 6.48. The molecule has 1 aliphatic carbocycles. The Hall–Kier alpha value is -0.760. The van der Waals surface area contributed by atoms with Crippen LogP contribution in [0.15, 0.2) is 29.2 Å². The molecule has 0 heterocycles. The predicted octanol–water partition coefficient (Wildman–Crippen LogP) is 3.92. The van der Waals surface area contributed by atoms with Crippen LogP contribution in [0.3, 0.4) is 0 Å². The standard InChI is InChI=1S/C13H16OS/c14-10-11-6-8-13(9-7-11)15-12-4-2-1-3-5-12/h6-10,12H,1-5H2. The molecule has 15 heavy (non-hydrogen) atoms. The zero-order valence-corrected chi connectivity index (χ0v) is 9.63. The molecule has 0 aromatic heterocycles. The van der Waals surface area contributed by atoms with Crippen LogP contribution in [0.2, 0.25) is 0 Å². The third kappa shape index (κ3) is 3.10. The molecule has 1 nitrogen and oxygen atoms in total. The van der Waals surface area contributed by atoms with Crippen LogP contribution in [0.4, 0.5) is 0 Å². The smallest absolute Gasteiger partial charge is 0.150 e. The Bertz CT molecular complexity index is 312. The van der Waals surface area contributed by atoms with E-state index in [9.17, 15) is 4.79 Å². The molecule has 0 spiro atoms. The van der Waals surface area contributed by atoms with E-state index in [1.165, 1.54) is 37.0 Å². The van der Waals surface area contributed by atoms with Crippen LogP contribution in [0.1, 0.15) is 42.5 Å². The summed E-state index contributed by atoms with van der Waals surface area (Å²) < 4.78 is 0. The van der Waals surface area contributed by atoms with Crippen molar-refractivity contribution in [1.82, 2.24) is 0 Å². The minimum Gasteiger partial charge on any atom is -0.298 e. The van der Waals surface area contributed by atoms with Crippen LogP contribution in [0.5, 0.6) is 0 Å². The lowest BCUT2D eigenvalue weighted by Crippen LogP contribution is -2.07. The number of benzene rings is 1. The molecule has 0 aliphatic heterocycles. The van der Waals surface area contributed by atoms with Gasteiger partial charge in [0, 0.05) is 15.7 Å². The molecule has 80 valence electrons. The van der Waals surface area contributed by atoms with Crippen molar-refractivity contribution in [3.63, 3.8) is 0 Å². The Kier molecular flexibility index (Phi) is 3.84. The van der Waals surface area contributed by atoms with Gasteiger partial charge in [0.1, 0.15) is 6.29 Å². The fraction of sp³-hybridized carbons (Fsp3) is 0.462. The first-order valence-electron chi connectivity index (χ1n) is 5.60. The van der Waals surface area contributed by atoms with Gasteiger partial charge in [0.15, 0.2) is 0 Å². The molecule has 1 saturated carbocycles. The monoisotopic (exact) mass is 220 g/mol. The Morgan fingerprint density at radius 1 is 1.07 bits per heavy atom. The number of hydrogen-bond donors (Lipinski definition) is 0. The van der Waals surface area contributed by atoms with E-state index in [-0.39, 0.29) is 0 Å². The minimum atomic E-state index is 0.767. The van der Waals surface area contributed by atoms with E-state index in [0.717, 1.165) is 17.1 Å². The van der Waals surface area contributed by atoms with Crippen LogP contribution in [0.25, 0.3) is 0 Å². The molecule has 0 amide bonds. The lowest BCUT2D eigenvalue weighted by Gasteiger charge is -2.20. The van der Waals surface area contributed by atoms with Gasteiger partial charge in [-0.3, -0.25) is 4.79 Å². The SMILES string of the molecule is O=Cc1ccc(SC2CCCCC2)cc1. The van der Waals surface area contributed by atoms with Gasteiger partial charge in [0.2, 0.25) is 0 Å². The van der Waals surface area contributed by atoms with E-state index in [1.807, 2.05) is 23.9 Å². The number of rotatable bonds is 3. The highest BCUT2D eigenvalue weighted by atomic mass is 32.2. The van der Waals surface area contributed by atoms with Crippen molar-refractivity contribution >= 4 is 18.0 Å². The summed E-state index contributed by atoms with van der Waals surface area (Å²) in [5, 5.41) is 0.792. The lowest BCUT2D eigenvalue weighted by atomic mass is 10.0. The van der Waals surface area contributed by atoms with Gasteiger partial charge in [-0.25, -0.2) is 0 Å². The molecule has 0 N–H and O–H groups in total. The normalized spacial score (nSPS) is 17.6. The summed E-state index contributed by atoms with van der Waals surface area (Å²) in [4.78, 5) is 11.8. The van der Waals surface area contributed by atoms with Crippen molar-refractivity contribution in [2.24, 2.45) is 0 Å². The highest BCUT2D eigenvalue weighted by Gasteiger charge is 2.14. The molecule has 0 radical (unpaired) electrons. The maximum atomic E-state index is 10.5. The van der Waals surface area contributed by atoms with Crippen LogP contribution >= 0.6 is 11.8 Å². The summed E-state index contributed by atoms with van der Waals surface area (Å²) in [6.07, 6.45) is 7.75. The largest absolute Gasteiger partial charge is 0.298 e. The molecule has 1 fully saturated rings. The minimum absolute atomic E-state index is 0.767. The predicted molar refractivity (Wildman–Crippen MR) is 64.6 cm³/mol. The van der Waals surface area contributed by atoms with Crippen molar-refractivity contribution in [3.05, 3.63) is 29.8 Å². The maximum Gasteiger partial charge on any atom is 0.150 e. The molecular formula is C13H16OS. The van der Waals surface area contributed by atoms with Gasteiger partial charge < -0.3 is 0 Å². The molecule has 2 heteroatoms. The number of thioether (sulfide) groups is 1. The van der Waals surface area contributed by atoms with E-state index in [2.05, 4.69) is 12.1 Å². The average molecular weight is 220 g/mol. The van der Waals surface area contributed by atoms with Crippen molar-refractivity contribution in [1.29, 1.82) is 0 Å². The number of aldehydes is 1. The zero-order valence-electron chi connectivity index (χ0n) is 8.82. The second kappa shape index (κ2) is 5.36. The second-order valence-corrected chi connectivity index (χ2v) is 5.44. The molecule has 2 rings (SSSR count). The van der Waals surface area contributed by atoms with E-state index < -0.39 is 0 Å². The first kappa shape index (κ1) is 10.7. The lowest BCUT2D eigenvalue weighted by molar-refractivity contribution is 0.112. The quantitative estimate of drug-likeness (QED) is 0.718. The van der Waals surface area contributed by atoms with Crippen molar-refractivity contribution in [2.45, 2.75) is 42.2 Å². The summed E-state index contributed by atoms with van der Waals surface area (Å²) in [5.74, 6) is 0. The Morgan fingerprint density at radius 3 is 2.33 bits per heavy atom. The third-order valence-corrected chi connectivity index (χ3v) is 4.22. The van der Waals surface area contributed by atoms with E-state index in [4.69, 9.17) is 0 Å². The Balaban J connectivity index is 1.94. The summed E-state index contributed by atoms with van der Waals surface area (Å²) in [7, 11) is 0.